The predicted octanol–water partition coefficient (Wildman–Crippen LogP) is 7.45. The second-order valence-corrected chi connectivity index (χ2v) is 16.2. The van der Waals surface area contributed by atoms with Gasteiger partial charge >= 0.3 is 0 Å². The molecule has 0 saturated heterocycles. The Balaban J connectivity index is 1.73. The summed E-state index contributed by atoms with van der Waals surface area (Å²) in [6, 6.07) is -0.470. The van der Waals surface area contributed by atoms with Crippen LogP contribution in [0.5, 0.6) is 17.2 Å². The van der Waals surface area contributed by atoms with E-state index in [-0.39, 0.29) is 30.3 Å². The van der Waals surface area contributed by atoms with Crippen molar-refractivity contribution in [2.45, 2.75) is 124 Å². The first-order valence-corrected chi connectivity index (χ1v) is 18.4. The lowest BCUT2D eigenvalue weighted by molar-refractivity contribution is -0.178. The highest BCUT2D eigenvalue weighted by Gasteiger charge is 2.76. The van der Waals surface area contributed by atoms with Gasteiger partial charge in [-0.15, -0.1) is 0 Å². The number of Topliss-reactive ketones (excluding diaryl/α,β-unsaturated/α-hetero) is 1. The molecule has 52 heavy (non-hydrogen) atoms. The Hall–Kier alpha value is -4.13. The number of fused-ring (bicyclic) bond motifs is 6. The van der Waals surface area contributed by atoms with E-state index in [9.17, 15) is 15.1 Å². The predicted molar refractivity (Wildman–Crippen MR) is 200 cm³/mol. The zero-order valence-electron chi connectivity index (χ0n) is 32.1. The van der Waals surface area contributed by atoms with Crippen LogP contribution in [0.3, 0.4) is 0 Å². The molecule has 0 amide bonds. The number of hydrogen-bond acceptors (Lipinski definition) is 11. The fraction of sp³-hybridized carbons (Fsp3) is 0.575. The van der Waals surface area contributed by atoms with Crippen molar-refractivity contribution in [2.24, 2.45) is 28.7 Å². The van der Waals surface area contributed by atoms with Crippen LogP contribution >= 0.6 is 0 Å². The molecular weight excluding hydrogens is 660 g/mol. The van der Waals surface area contributed by atoms with E-state index in [1.807, 2.05) is 52.4 Å². The minimum absolute atomic E-state index is 0.00223. The summed E-state index contributed by atoms with van der Waals surface area (Å²) in [5.74, 6) is -0.661. The highest BCUT2D eigenvalue weighted by atomic mass is 16.8. The molecular formula is C40H54N6O6. The number of carbonyl (C=O) groups is 1. The van der Waals surface area contributed by atoms with E-state index < -0.39 is 40.6 Å². The van der Waals surface area contributed by atoms with E-state index in [0.717, 1.165) is 17.6 Å². The maximum atomic E-state index is 14.7. The molecule has 6 rings (SSSR count). The van der Waals surface area contributed by atoms with Gasteiger partial charge in [0.2, 0.25) is 5.95 Å². The molecule has 4 heterocycles. The Labute approximate surface area is 306 Å². The van der Waals surface area contributed by atoms with Gasteiger partial charge in [-0.25, -0.2) is 9.67 Å². The molecule has 1 saturated carbocycles. The number of ketones is 1. The summed E-state index contributed by atoms with van der Waals surface area (Å²) in [5, 5.41) is 36.2. The second-order valence-electron chi connectivity index (χ2n) is 16.2. The Morgan fingerprint density at radius 3 is 2.46 bits per heavy atom. The van der Waals surface area contributed by atoms with Gasteiger partial charge < -0.3 is 24.8 Å². The van der Waals surface area contributed by atoms with Crippen LogP contribution in [0.2, 0.25) is 0 Å². The molecule has 0 bridgehead atoms. The maximum Gasteiger partial charge on any atom is 0.248 e. The summed E-state index contributed by atoms with van der Waals surface area (Å²) in [6.45, 7) is 19.9. The fourth-order valence-electron chi connectivity index (χ4n) is 9.24. The lowest BCUT2D eigenvalue weighted by Crippen LogP contribution is -2.70. The van der Waals surface area contributed by atoms with E-state index in [4.69, 9.17) is 24.7 Å². The average molecular weight is 715 g/mol. The molecule has 7 atom stereocenters. The van der Waals surface area contributed by atoms with E-state index in [2.05, 4.69) is 49.9 Å². The number of aliphatic imine (C=N–C) groups is 1. The topological polar surface area (TPSA) is 164 Å². The molecule has 3 aliphatic heterocycles. The first-order valence-electron chi connectivity index (χ1n) is 18.4. The molecule has 1 fully saturated rings. The number of ether oxygens (including phenoxy) is 2. The van der Waals surface area contributed by atoms with E-state index in [0.29, 0.717) is 52.8 Å². The largest absolute Gasteiger partial charge is 0.482 e. The minimum Gasteiger partial charge on any atom is -0.482 e. The number of allylic oxidation sites excluding steroid dienone is 4. The van der Waals surface area contributed by atoms with Crippen LogP contribution in [0.4, 0.5) is 5.95 Å². The Morgan fingerprint density at radius 1 is 1.12 bits per heavy atom. The van der Waals surface area contributed by atoms with Gasteiger partial charge in [0, 0.05) is 23.1 Å². The standard InChI is InChI=1S/C40H54N6O6/c1-21(2)12-11-17-38(10)18-16-28-33(50-38)27(14-13-22(3)4)34-29(35(28)52-45-49)32-31(26(9)46-37(44-32)42-20-43-46)40(51-34)30(23(5)6)25(8)36(47)39(40,48)19-15-24(7)41/h12-13,16,18,20,23,25-26,30-31,41,45,48-49H,11,14-15,17,19H2,1-10H3. The molecule has 2 aromatic rings. The summed E-state index contributed by atoms with van der Waals surface area (Å²) in [6.07, 6.45) is 11.8. The van der Waals surface area contributed by atoms with Crippen molar-refractivity contribution in [3.05, 3.63) is 52.4 Å². The maximum absolute atomic E-state index is 14.7. The zero-order valence-corrected chi connectivity index (χ0v) is 32.1. The molecule has 1 spiro atoms. The van der Waals surface area contributed by atoms with Crippen molar-refractivity contribution in [1.29, 1.82) is 5.41 Å². The molecule has 280 valence electrons. The molecule has 1 aromatic heterocycles. The molecule has 1 aliphatic carbocycles. The van der Waals surface area contributed by atoms with Gasteiger partial charge in [-0.05, 0) is 104 Å². The smallest absolute Gasteiger partial charge is 0.248 e. The van der Waals surface area contributed by atoms with Crippen LogP contribution in [0, 0.1) is 29.1 Å². The first-order chi connectivity index (χ1) is 24.5. The molecule has 0 radical (unpaired) electrons. The highest BCUT2D eigenvalue weighted by molar-refractivity contribution is 6.13. The minimum atomic E-state index is -2.00. The highest BCUT2D eigenvalue weighted by Crippen LogP contribution is 2.64. The van der Waals surface area contributed by atoms with Gasteiger partial charge in [0.15, 0.2) is 22.7 Å². The van der Waals surface area contributed by atoms with Gasteiger partial charge in [-0.3, -0.25) is 10.0 Å². The first kappa shape index (κ1) is 37.6. The Kier molecular flexibility index (Phi) is 9.91. The quantitative estimate of drug-likeness (QED) is 0.105. The van der Waals surface area contributed by atoms with Crippen molar-refractivity contribution in [1.82, 2.24) is 20.4 Å². The normalized spacial score (nSPS) is 29.7. The average Bonchev–Trinajstić information content (AvgIpc) is 3.60. The summed E-state index contributed by atoms with van der Waals surface area (Å²) in [5.41, 5.74) is 2.67. The molecule has 12 heteroatoms. The lowest BCUT2D eigenvalue weighted by atomic mass is 9.60. The summed E-state index contributed by atoms with van der Waals surface area (Å²) in [7, 11) is 0. The third kappa shape index (κ3) is 5.83. The van der Waals surface area contributed by atoms with Gasteiger partial charge in [-0.1, -0.05) is 44.1 Å². The number of nitrogens with one attached hydrogen (secondary N) is 2. The number of benzene rings is 1. The third-order valence-electron chi connectivity index (χ3n) is 11.5. The monoisotopic (exact) mass is 714 g/mol. The summed E-state index contributed by atoms with van der Waals surface area (Å²) >= 11 is 0. The summed E-state index contributed by atoms with van der Waals surface area (Å²) < 4.78 is 16.2. The third-order valence-corrected chi connectivity index (χ3v) is 11.5. The van der Waals surface area contributed by atoms with Crippen LogP contribution in [0.15, 0.2) is 40.7 Å². The SMILES string of the molecule is CC(=N)CCC1(O)C(=O)C(C)C(C(C)C)C12Oc1c(CC=C(C)C)c3c(c(ONO)c1C1=Nc4ncnn4C(C)C12)C=CC(C)(CCC=C(C)C)O3. The number of carbonyl (C=O) groups excluding carboxylic acids is 1. The lowest BCUT2D eigenvalue weighted by Gasteiger charge is -2.56. The van der Waals surface area contributed by atoms with Crippen LogP contribution < -0.4 is 20.0 Å². The van der Waals surface area contributed by atoms with Crippen LogP contribution in [0.1, 0.15) is 118 Å². The molecule has 7 unspecified atom stereocenters. The van der Waals surface area contributed by atoms with Crippen LogP contribution in [0.25, 0.3) is 6.08 Å². The number of hydrogen-bond donors (Lipinski definition) is 4. The summed E-state index contributed by atoms with van der Waals surface area (Å²) in [4.78, 5) is 30.2. The zero-order chi connectivity index (χ0) is 37.9. The number of nitrogens with zero attached hydrogens (tertiary/aromatic N) is 4. The molecule has 1 aromatic carbocycles. The fourth-order valence-corrected chi connectivity index (χ4v) is 9.24. The number of rotatable bonds is 11. The van der Waals surface area contributed by atoms with E-state index in [1.165, 1.54) is 11.9 Å². The molecule has 12 nitrogen and oxygen atoms in total. The second kappa shape index (κ2) is 13.7. The van der Waals surface area contributed by atoms with Crippen molar-refractivity contribution >= 4 is 29.2 Å². The van der Waals surface area contributed by atoms with Crippen LogP contribution in [-0.2, 0) is 11.2 Å². The van der Waals surface area contributed by atoms with Gasteiger partial charge in [-0.2, -0.15) is 10.1 Å². The number of aromatic nitrogens is 3. The van der Waals surface area contributed by atoms with Gasteiger partial charge in [0.25, 0.3) is 0 Å². The van der Waals surface area contributed by atoms with Crippen LogP contribution in [-0.4, -0.2) is 59.1 Å². The van der Waals surface area contributed by atoms with Crippen molar-refractivity contribution in [3.63, 3.8) is 0 Å². The van der Waals surface area contributed by atoms with E-state index in [1.54, 1.807) is 11.6 Å². The molecule has 4 aliphatic rings. The van der Waals surface area contributed by atoms with Gasteiger partial charge in [0.1, 0.15) is 23.4 Å². The van der Waals surface area contributed by atoms with Crippen molar-refractivity contribution < 1.29 is 29.4 Å². The molecule has 4 N–H and O–H groups in total. The van der Waals surface area contributed by atoms with Crippen molar-refractivity contribution in [2.75, 3.05) is 0 Å². The van der Waals surface area contributed by atoms with Crippen molar-refractivity contribution in [3.8, 4) is 17.2 Å². The Morgan fingerprint density at radius 2 is 1.83 bits per heavy atom. The number of aliphatic hydroxyl groups is 1. The Bertz CT molecular complexity index is 1900. The van der Waals surface area contributed by atoms with Gasteiger partial charge in [0.05, 0.1) is 28.8 Å². The van der Waals surface area contributed by atoms with E-state index >= 15 is 0 Å².